The topological polar surface area (TPSA) is 74.2 Å². The number of nitrogens with zero attached hydrogens (tertiary/aromatic N) is 1. The Balaban J connectivity index is 2.54. The second-order valence-electron chi connectivity index (χ2n) is 5.59. The van der Waals surface area contributed by atoms with Crippen LogP contribution in [0.2, 0.25) is 0 Å². The van der Waals surface area contributed by atoms with Gasteiger partial charge in [-0.3, -0.25) is 4.79 Å². The van der Waals surface area contributed by atoms with Gasteiger partial charge in [-0.15, -0.1) is 0 Å². The van der Waals surface area contributed by atoms with E-state index in [4.69, 9.17) is 10.00 Å². The third-order valence-electron chi connectivity index (χ3n) is 2.54. The van der Waals surface area contributed by atoms with Crippen LogP contribution < -0.4 is 15.4 Å². The van der Waals surface area contributed by atoms with Crippen LogP contribution in [0.4, 0.5) is 4.39 Å². The number of nitriles is 1. The lowest BCUT2D eigenvalue weighted by atomic mass is 10.1. The maximum Gasteiger partial charge on any atom is 0.258 e. The van der Waals surface area contributed by atoms with Gasteiger partial charge in [-0.2, -0.15) is 5.26 Å². The summed E-state index contributed by atoms with van der Waals surface area (Å²) in [5, 5.41) is 13.9. The summed E-state index contributed by atoms with van der Waals surface area (Å²) < 4.78 is 18.9. The quantitative estimate of drug-likeness (QED) is 0.783. The lowest BCUT2D eigenvalue weighted by Crippen LogP contribution is -2.35. The summed E-state index contributed by atoms with van der Waals surface area (Å²) in [6, 6.07) is 6.38. The Bertz CT molecular complexity index is 533. The first kappa shape index (κ1) is 16.9. The minimum atomic E-state index is -0.517. The third-order valence-corrected chi connectivity index (χ3v) is 2.54. The monoisotopic (exact) mass is 293 g/mol. The maximum absolute atomic E-state index is 13.8. The summed E-state index contributed by atoms with van der Waals surface area (Å²) in [6.07, 6.45) is 0. The molecular weight excluding hydrogens is 273 g/mol. The molecule has 0 fully saturated rings. The molecule has 0 aromatic heterocycles. The molecule has 0 unspecified atom stereocenters. The first-order chi connectivity index (χ1) is 9.81. The molecule has 0 aliphatic rings. The fourth-order valence-electron chi connectivity index (χ4n) is 1.47. The smallest absolute Gasteiger partial charge is 0.258 e. The zero-order valence-electron chi connectivity index (χ0n) is 12.5. The van der Waals surface area contributed by atoms with E-state index in [9.17, 15) is 9.18 Å². The number of nitrogens with one attached hydrogen (secondary N) is 2. The SMILES string of the molecule is CC(C)(C)NCc1ccc(OCC(=O)NCC#N)c(F)c1. The third kappa shape index (κ3) is 6.72. The van der Waals surface area contributed by atoms with Crippen LogP contribution in [0.1, 0.15) is 26.3 Å². The van der Waals surface area contributed by atoms with Crippen molar-refractivity contribution in [2.75, 3.05) is 13.2 Å². The highest BCUT2D eigenvalue weighted by Gasteiger charge is 2.11. The summed E-state index contributed by atoms with van der Waals surface area (Å²) in [7, 11) is 0. The van der Waals surface area contributed by atoms with Crippen LogP contribution in [-0.2, 0) is 11.3 Å². The first-order valence-electron chi connectivity index (χ1n) is 6.62. The molecule has 1 rings (SSSR count). The lowest BCUT2D eigenvalue weighted by molar-refractivity contribution is -0.122. The number of ether oxygens (including phenoxy) is 1. The van der Waals surface area contributed by atoms with Crippen molar-refractivity contribution in [1.82, 2.24) is 10.6 Å². The van der Waals surface area contributed by atoms with Crippen LogP contribution in [-0.4, -0.2) is 24.6 Å². The number of rotatable bonds is 6. The predicted octanol–water partition coefficient (Wildman–Crippen LogP) is 1.73. The van der Waals surface area contributed by atoms with Gasteiger partial charge in [0.2, 0.25) is 0 Å². The van der Waals surface area contributed by atoms with Crippen molar-refractivity contribution in [3.63, 3.8) is 0 Å². The maximum atomic E-state index is 13.8. The Labute approximate surface area is 124 Å². The Morgan fingerprint density at radius 3 is 2.71 bits per heavy atom. The highest BCUT2D eigenvalue weighted by atomic mass is 19.1. The van der Waals surface area contributed by atoms with E-state index in [0.717, 1.165) is 5.56 Å². The van der Waals surface area contributed by atoms with Crippen molar-refractivity contribution < 1.29 is 13.9 Å². The van der Waals surface area contributed by atoms with Crippen LogP contribution in [0.3, 0.4) is 0 Å². The molecule has 1 aromatic carbocycles. The van der Waals surface area contributed by atoms with E-state index in [2.05, 4.69) is 10.6 Å². The van der Waals surface area contributed by atoms with Crippen LogP contribution in [0, 0.1) is 17.1 Å². The van der Waals surface area contributed by atoms with Crippen molar-refractivity contribution in [2.24, 2.45) is 0 Å². The molecule has 2 N–H and O–H groups in total. The van der Waals surface area contributed by atoms with Crippen molar-refractivity contribution in [3.8, 4) is 11.8 Å². The zero-order chi connectivity index (χ0) is 15.9. The number of carbonyl (C=O) groups excluding carboxylic acids is 1. The summed E-state index contributed by atoms with van der Waals surface area (Å²) in [6.45, 7) is 6.21. The molecule has 0 saturated heterocycles. The van der Waals surface area contributed by atoms with E-state index in [1.165, 1.54) is 12.1 Å². The Kier molecular flexibility index (Phi) is 6.12. The highest BCUT2D eigenvalue weighted by molar-refractivity contribution is 5.77. The number of hydrogen-bond acceptors (Lipinski definition) is 4. The molecule has 0 aliphatic heterocycles. The van der Waals surface area contributed by atoms with E-state index in [0.29, 0.717) is 6.54 Å². The minimum absolute atomic E-state index is 0.0154. The van der Waals surface area contributed by atoms with Crippen LogP contribution >= 0.6 is 0 Å². The van der Waals surface area contributed by atoms with Crippen molar-refractivity contribution in [1.29, 1.82) is 5.26 Å². The molecule has 1 amide bonds. The van der Waals surface area contributed by atoms with E-state index >= 15 is 0 Å². The summed E-state index contributed by atoms with van der Waals surface area (Å²) in [4.78, 5) is 11.2. The van der Waals surface area contributed by atoms with Gasteiger partial charge in [0.1, 0.15) is 6.54 Å². The van der Waals surface area contributed by atoms with Crippen molar-refractivity contribution in [3.05, 3.63) is 29.6 Å². The van der Waals surface area contributed by atoms with Gasteiger partial charge in [0.15, 0.2) is 18.2 Å². The zero-order valence-corrected chi connectivity index (χ0v) is 12.5. The largest absolute Gasteiger partial charge is 0.481 e. The van der Waals surface area contributed by atoms with Gasteiger partial charge in [0.25, 0.3) is 5.91 Å². The van der Waals surface area contributed by atoms with Crippen LogP contribution in [0.15, 0.2) is 18.2 Å². The molecule has 114 valence electrons. The van der Waals surface area contributed by atoms with Crippen molar-refractivity contribution >= 4 is 5.91 Å². The number of benzene rings is 1. The summed E-state index contributed by atoms with van der Waals surface area (Å²) in [5.41, 5.74) is 0.744. The molecule has 0 aliphatic carbocycles. The van der Waals surface area contributed by atoms with E-state index in [1.807, 2.05) is 20.8 Å². The van der Waals surface area contributed by atoms with Gasteiger partial charge in [0.05, 0.1) is 6.07 Å². The number of halogens is 1. The average molecular weight is 293 g/mol. The average Bonchev–Trinajstić information content (AvgIpc) is 2.41. The molecule has 1 aromatic rings. The Morgan fingerprint density at radius 1 is 1.43 bits per heavy atom. The van der Waals surface area contributed by atoms with Gasteiger partial charge in [-0.05, 0) is 38.5 Å². The van der Waals surface area contributed by atoms with Crippen molar-refractivity contribution in [2.45, 2.75) is 32.9 Å². The molecule has 6 heteroatoms. The second-order valence-corrected chi connectivity index (χ2v) is 5.59. The van der Waals surface area contributed by atoms with Gasteiger partial charge in [-0.1, -0.05) is 6.07 Å². The molecular formula is C15H20FN3O2. The van der Waals surface area contributed by atoms with Gasteiger partial charge in [-0.25, -0.2) is 4.39 Å². The molecule has 0 atom stereocenters. The fourth-order valence-corrected chi connectivity index (χ4v) is 1.47. The van der Waals surface area contributed by atoms with Crippen LogP contribution in [0.25, 0.3) is 0 Å². The summed E-state index contributed by atoms with van der Waals surface area (Å²) >= 11 is 0. The molecule has 0 bridgehead atoms. The normalized spacial score (nSPS) is 10.8. The van der Waals surface area contributed by atoms with E-state index in [-0.39, 0.29) is 24.4 Å². The molecule has 0 radical (unpaired) electrons. The van der Waals surface area contributed by atoms with Crippen LogP contribution in [0.5, 0.6) is 5.75 Å². The molecule has 0 heterocycles. The molecule has 0 saturated carbocycles. The second kappa shape index (κ2) is 7.60. The lowest BCUT2D eigenvalue weighted by Gasteiger charge is -2.20. The molecule has 5 nitrogen and oxygen atoms in total. The first-order valence-corrected chi connectivity index (χ1v) is 6.62. The number of amides is 1. The Hall–Kier alpha value is -2.13. The van der Waals surface area contributed by atoms with Gasteiger partial charge >= 0.3 is 0 Å². The number of hydrogen-bond donors (Lipinski definition) is 2. The summed E-state index contributed by atoms with van der Waals surface area (Å²) in [5.74, 6) is -0.965. The van der Waals surface area contributed by atoms with E-state index in [1.54, 1.807) is 12.1 Å². The van der Waals surface area contributed by atoms with Gasteiger partial charge < -0.3 is 15.4 Å². The predicted molar refractivity (Wildman–Crippen MR) is 77.1 cm³/mol. The molecule has 0 spiro atoms. The molecule has 21 heavy (non-hydrogen) atoms. The Morgan fingerprint density at radius 2 is 2.14 bits per heavy atom. The van der Waals surface area contributed by atoms with E-state index < -0.39 is 11.7 Å². The number of carbonyl (C=O) groups is 1. The van der Waals surface area contributed by atoms with Gasteiger partial charge in [0, 0.05) is 12.1 Å². The fraction of sp³-hybridized carbons (Fsp3) is 0.467. The standard InChI is InChI=1S/C15H20FN3O2/c1-15(2,3)19-9-11-4-5-13(12(16)8-11)21-10-14(20)18-7-6-17/h4-5,8,19H,7,9-10H2,1-3H3,(H,18,20). The highest BCUT2D eigenvalue weighted by Crippen LogP contribution is 2.18. The minimum Gasteiger partial charge on any atom is -0.481 e.